The van der Waals surface area contributed by atoms with Crippen LogP contribution in [0, 0.1) is 11.8 Å². The van der Waals surface area contributed by atoms with Crippen molar-refractivity contribution in [2.75, 3.05) is 5.32 Å². The van der Waals surface area contributed by atoms with E-state index in [4.69, 9.17) is 5.11 Å². The summed E-state index contributed by atoms with van der Waals surface area (Å²) in [6, 6.07) is 0.486. The van der Waals surface area contributed by atoms with Crippen LogP contribution < -0.4 is 5.32 Å². The number of nitrogens with one attached hydrogen (secondary N) is 1. The lowest BCUT2D eigenvalue weighted by molar-refractivity contribution is -0.136. The van der Waals surface area contributed by atoms with Crippen molar-refractivity contribution in [1.29, 1.82) is 0 Å². The zero-order chi connectivity index (χ0) is 13.1. The van der Waals surface area contributed by atoms with Crippen LogP contribution in [0.25, 0.3) is 0 Å². The Morgan fingerprint density at radius 2 is 2.28 bits per heavy atom. The normalized spacial score (nSPS) is 28.0. The molecule has 5 heteroatoms. The van der Waals surface area contributed by atoms with Gasteiger partial charge in [-0.25, -0.2) is 4.98 Å². The molecule has 3 atom stereocenters. The van der Waals surface area contributed by atoms with E-state index in [-0.39, 0.29) is 6.42 Å². The van der Waals surface area contributed by atoms with Gasteiger partial charge in [0.2, 0.25) is 0 Å². The molecule has 100 valence electrons. The van der Waals surface area contributed by atoms with Gasteiger partial charge in [0.15, 0.2) is 5.13 Å². The average Bonchev–Trinajstić information content (AvgIpc) is 2.70. The van der Waals surface area contributed by atoms with E-state index >= 15 is 0 Å². The van der Waals surface area contributed by atoms with Crippen molar-refractivity contribution in [3.8, 4) is 0 Å². The smallest absolute Gasteiger partial charge is 0.309 e. The van der Waals surface area contributed by atoms with E-state index < -0.39 is 5.97 Å². The van der Waals surface area contributed by atoms with E-state index in [1.54, 1.807) is 0 Å². The summed E-state index contributed by atoms with van der Waals surface area (Å²) < 4.78 is 0. The first-order valence-electron chi connectivity index (χ1n) is 6.47. The Hall–Kier alpha value is -1.10. The number of aliphatic carboxylic acids is 1. The molecule has 2 N–H and O–H groups in total. The van der Waals surface area contributed by atoms with E-state index in [2.05, 4.69) is 24.1 Å². The van der Waals surface area contributed by atoms with Gasteiger partial charge >= 0.3 is 5.97 Å². The molecule has 3 unspecified atom stereocenters. The number of nitrogens with zero attached hydrogens (tertiary/aromatic N) is 1. The van der Waals surface area contributed by atoms with Crippen molar-refractivity contribution < 1.29 is 9.90 Å². The van der Waals surface area contributed by atoms with Gasteiger partial charge in [0, 0.05) is 11.4 Å². The van der Waals surface area contributed by atoms with Gasteiger partial charge in [0.25, 0.3) is 0 Å². The summed E-state index contributed by atoms with van der Waals surface area (Å²) in [5.41, 5.74) is 0.646. The van der Waals surface area contributed by atoms with Gasteiger partial charge in [-0.2, -0.15) is 0 Å². The van der Waals surface area contributed by atoms with Crippen LogP contribution in [0.1, 0.15) is 38.8 Å². The molecule has 2 rings (SSSR count). The predicted molar refractivity (Wildman–Crippen MR) is 73.0 cm³/mol. The Kier molecular flexibility index (Phi) is 4.22. The van der Waals surface area contributed by atoms with Crippen molar-refractivity contribution in [1.82, 2.24) is 4.98 Å². The zero-order valence-electron chi connectivity index (χ0n) is 10.8. The first kappa shape index (κ1) is 13.3. The highest BCUT2D eigenvalue weighted by molar-refractivity contribution is 7.13. The molecular formula is C13H20N2O2S. The number of aromatic nitrogens is 1. The molecule has 1 aromatic heterocycles. The third-order valence-corrected chi connectivity index (χ3v) is 4.63. The third kappa shape index (κ3) is 3.45. The Morgan fingerprint density at radius 1 is 1.50 bits per heavy atom. The Balaban J connectivity index is 1.89. The number of rotatable bonds is 4. The van der Waals surface area contributed by atoms with Crippen molar-refractivity contribution in [2.24, 2.45) is 11.8 Å². The molecule has 18 heavy (non-hydrogen) atoms. The molecule has 0 aromatic carbocycles. The largest absolute Gasteiger partial charge is 0.481 e. The molecule has 0 spiro atoms. The van der Waals surface area contributed by atoms with Crippen LogP contribution in [-0.4, -0.2) is 22.1 Å². The van der Waals surface area contributed by atoms with Gasteiger partial charge in [-0.15, -0.1) is 11.3 Å². The molecule has 1 heterocycles. The second-order valence-corrected chi connectivity index (χ2v) is 6.18. The minimum Gasteiger partial charge on any atom is -0.481 e. The Bertz CT molecular complexity index is 419. The summed E-state index contributed by atoms with van der Waals surface area (Å²) in [6.45, 7) is 4.62. The van der Waals surface area contributed by atoms with Gasteiger partial charge in [0.1, 0.15) is 0 Å². The SMILES string of the molecule is CC1CCC(Nc2nc(CC(=O)O)cs2)CC1C. The van der Waals surface area contributed by atoms with Crippen LogP contribution in [0.15, 0.2) is 5.38 Å². The van der Waals surface area contributed by atoms with Crippen LogP contribution in [0.5, 0.6) is 0 Å². The highest BCUT2D eigenvalue weighted by Crippen LogP contribution is 2.31. The van der Waals surface area contributed by atoms with Crippen molar-refractivity contribution in [2.45, 2.75) is 45.6 Å². The van der Waals surface area contributed by atoms with Gasteiger partial charge in [0.05, 0.1) is 12.1 Å². The second-order valence-electron chi connectivity index (χ2n) is 5.32. The van der Waals surface area contributed by atoms with E-state index in [0.29, 0.717) is 11.7 Å². The Labute approximate surface area is 111 Å². The maximum Gasteiger partial charge on any atom is 0.309 e. The lowest BCUT2D eigenvalue weighted by atomic mass is 9.79. The molecule has 0 aliphatic heterocycles. The molecule has 0 bridgehead atoms. The van der Waals surface area contributed by atoms with Crippen LogP contribution in [-0.2, 0) is 11.2 Å². The molecule has 0 radical (unpaired) electrons. The maximum atomic E-state index is 10.6. The zero-order valence-corrected chi connectivity index (χ0v) is 11.7. The summed E-state index contributed by atoms with van der Waals surface area (Å²) in [4.78, 5) is 14.9. The van der Waals surface area contributed by atoms with Gasteiger partial charge in [-0.1, -0.05) is 13.8 Å². The average molecular weight is 268 g/mol. The summed E-state index contributed by atoms with van der Waals surface area (Å²) in [6.07, 6.45) is 3.62. The maximum absolute atomic E-state index is 10.6. The van der Waals surface area contributed by atoms with E-state index in [1.165, 1.54) is 30.6 Å². The van der Waals surface area contributed by atoms with Gasteiger partial charge in [-0.3, -0.25) is 4.79 Å². The number of anilines is 1. The van der Waals surface area contributed by atoms with E-state index in [1.807, 2.05) is 5.38 Å². The molecule has 1 saturated carbocycles. The number of hydrogen-bond donors (Lipinski definition) is 2. The minimum atomic E-state index is -0.827. The van der Waals surface area contributed by atoms with Crippen LogP contribution in [0.2, 0.25) is 0 Å². The third-order valence-electron chi connectivity index (χ3n) is 3.81. The van der Waals surface area contributed by atoms with Crippen LogP contribution in [0.3, 0.4) is 0 Å². The first-order chi connectivity index (χ1) is 8.54. The number of carboxylic acid groups (broad SMARTS) is 1. The highest BCUT2D eigenvalue weighted by atomic mass is 32.1. The van der Waals surface area contributed by atoms with Crippen molar-refractivity contribution >= 4 is 22.4 Å². The fourth-order valence-corrected chi connectivity index (χ4v) is 3.25. The van der Waals surface area contributed by atoms with E-state index in [9.17, 15) is 4.79 Å². The molecule has 1 aliphatic carbocycles. The molecular weight excluding hydrogens is 248 g/mol. The fraction of sp³-hybridized carbons (Fsp3) is 0.692. The lowest BCUT2D eigenvalue weighted by Crippen LogP contribution is -2.30. The summed E-state index contributed by atoms with van der Waals surface area (Å²) >= 11 is 1.50. The molecule has 4 nitrogen and oxygen atoms in total. The molecule has 1 aliphatic rings. The Morgan fingerprint density at radius 3 is 2.94 bits per heavy atom. The second kappa shape index (κ2) is 5.69. The topological polar surface area (TPSA) is 62.2 Å². The summed E-state index contributed by atoms with van der Waals surface area (Å²) in [5.74, 6) is 0.726. The van der Waals surface area contributed by atoms with Crippen LogP contribution in [0.4, 0.5) is 5.13 Å². The lowest BCUT2D eigenvalue weighted by Gasteiger charge is -2.32. The van der Waals surface area contributed by atoms with Crippen molar-refractivity contribution in [3.63, 3.8) is 0 Å². The number of carboxylic acids is 1. The first-order valence-corrected chi connectivity index (χ1v) is 7.35. The quantitative estimate of drug-likeness (QED) is 0.881. The van der Waals surface area contributed by atoms with Crippen molar-refractivity contribution in [3.05, 3.63) is 11.1 Å². The molecule has 0 amide bonds. The number of carbonyl (C=O) groups is 1. The van der Waals surface area contributed by atoms with Crippen LogP contribution >= 0.6 is 11.3 Å². The fourth-order valence-electron chi connectivity index (χ4n) is 2.46. The molecule has 1 fully saturated rings. The minimum absolute atomic E-state index is 0.0102. The number of hydrogen-bond acceptors (Lipinski definition) is 4. The van der Waals surface area contributed by atoms with Gasteiger partial charge in [-0.05, 0) is 31.1 Å². The van der Waals surface area contributed by atoms with E-state index in [0.717, 1.165) is 17.0 Å². The monoisotopic (exact) mass is 268 g/mol. The summed E-state index contributed by atoms with van der Waals surface area (Å²) in [7, 11) is 0. The summed E-state index contributed by atoms with van der Waals surface area (Å²) in [5, 5.41) is 14.8. The molecule has 1 aromatic rings. The highest BCUT2D eigenvalue weighted by Gasteiger charge is 2.24. The predicted octanol–water partition coefficient (Wildman–Crippen LogP) is 3.01. The van der Waals surface area contributed by atoms with Gasteiger partial charge < -0.3 is 10.4 Å². The molecule has 0 saturated heterocycles. The number of thiazole rings is 1. The standard InChI is InChI=1S/C13H20N2O2S/c1-8-3-4-10(5-9(8)2)14-13-15-11(7-18-13)6-12(16)17/h7-10H,3-6H2,1-2H3,(H,14,15)(H,16,17).